The Balaban J connectivity index is 1.47. The summed E-state index contributed by atoms with van der Waals surface area (Å²) in [7, 11) is 0. The molecular formula is C26H29F3N2O3. The van der Waals surface area contributed by atoms with Gasteiger partial charge < -0.3 is 14.5 Å². The molecule has 0 atom stereocenters. The lowest BCUT2D eigenvalue weighted by atomic mass is 9.75. The van der Waals surface area contributed by atoms with E-state index in [-0.39, 0.29) is 37.8 Å². The lowest BCUT2D eigenvalue weighted by Crippen LogP contribution is -2.48. The van der Waals surface area contributed by atoms with Crippen molar-refractivity contribution in [2.75, 3.05) is 32.8 Å². The van der Waals surface area contributed by atoms with Gasteiger partial charge in [-0.1, -0.05) is 6.07 Å². The fraction of sp³-hybridized carbons (Fsp3) is 0.462. The molecule has 0 aliphatic carbocycles. The fourth-order valence-corrected chi connectivity index (χ4v) is 4.76. The lowest BCUT2D eigenvalue weighted by Gasteiger charge is -2.42. The van der Waals surface area contributed by atoms with Gasteiger partial charge in [-0.3, -0.25) is 9.59 Å². The van der Waals surface area contributed by atoms with Gasteiger partial charge in [-0.15, -0.1) is 0 Å². The second-order valence-electron chi connectivity index (χ2n) is 9.25. The highest BCUT2D eigenvalue weighted by Crippen LogP contribution is 2.37. The molecule has 34 heavy (non-hydrogen) atoms. The SMILES string of the molecule is O=C(CC1(COc2ccc(F)cc2)CCN(C(=O)c2c(F)cccc2F)CC1)N1CCCCC1. The molecule has 0 saturated carbocycles. The molecule has 182 valence electrons. The molecule has 2 fully saturated rings. The molecule has 2 aliphatic heterocycles. The van der Waals surface area contributed by atoms with E-state index in [0.29, 0.717) is 18.6 Å². The predicted octanol–water partition coefficient (Wildman–Crippen LogP) is 4.81. The zero-order chi connectivity index (χ0) is 24.1. The lowest BCUT2D eigenvalue weighted by molar-refractivity contribution is -0.136. The van der Waals surface area contributed by atoms with Crippen molar-refractivity contribution in [3.63, 3.8) is 0 Å². The van der Waals surface area contributed by atoms with Crippen LogP contribution in [-0.2, 0) is 4.79 Å². The van der Waals surface area contributed by atoms with Gasteiger partial charge in [0.05, 0.1) is 6.61 Å². The number of rotatable bonds is 6. The smallest absolute Gasteiger partial charge is 0.259 e. The third kappa shape index (κ3) is 5.54. The number of halogens is 3. The fourth-order valence-electron chi connectivity index (χ4n) is 4.76. The third-order valence-corrected chi connectivity index (χ3v) is 6.88. The Bertz CT molecular complexity index is 994. The van der Waals surface area contributed by atoms with Gasteiger partial charge >= 0.3 is 0 Å². The molecule has 2 amide bonds. The molecule has 4 rings (SSSR count). The number of carbonyl (C=O) groups is 2. The molecule has 8 heteroatoms. The van der Waals surface area contributed by atoms with Crippen molar-refractivity contribution in [1.82, 2.24) is 9.80 Å². The van der Waals surface area contributed by atoms with Gasteiger partial charge in [-0.2, -0.15) is 0 Å². The van der Waals surface area contributed by atoms with Crippen LogP contribution in [0.1, 0.15) is 48.9 Å². The standard InChI is InChI=1S/C26H29F3N2O3/c27-19-7-9-20(10-8-19)34-18-26(17-23(32)30-13-2-1-3-14-30)11-15-31(16-12-26)25(33)24-21(28)5-4-6-22(24)29/h4-10H,1-3,11-18H2. The van der Waals surface area contributed by atoms with Crippen molar-refractivity contribution in [3.8, 4) is 5.75 Å². The Labute approximate surface area is 197 Å². The van der Waals surface area contributed by atoms with Crippen LogP contribution in [0.15, 0.2) is 42.5 Å². The van der Waals surface area contributed by atoms with Gasteiger partial charge in [0.25, 0.3) is 5.91 Å². The number of likely N-dealkylation sites (tertiary alicyclic amines) is 2. The number of ether oxygens (including phenoxy) is 1. The van der Waals surface area contributed by atoms with Gasteiger partial charge in [0.15, 0.2) is 0 Å². The summed E-state index contributed by atoms with van der Waals surface area (Å²) in [6.07, 6.45) is 4.27. The van der Waals surface area contributed by atoms with E-state index < -0.39 is 28.5 Å². The topological polar surface area (TPSA) is 49.9 Å². The average molecular weight is 475 g/mol. The predicted molar refractivity (Wildman–Crippen MR) is 121 cm³/mol. The first-order chi connectivity index (χ1) is 16.4. The average Bonchev–Trinajstić information content (AvgIpc) is 2.84. The number of amides is 2. The molecule has 2 aliphatic rings. The van der Waals surface area contributed by atoms with E-state index in [1.807, 2.05) is 4.90 Å². The first kappa shape index (κ1) is 24.1. The molecule has 0 bridgehead atoms. The largest absolute Gasteiger partial charge is 0.493 e. The van der Waals surface area contributed by atoms with Crippen LogP contribution in [0, 0.1) is 22.9 Å². The first-order valence-electron chi connectivity index (χ1n) is 11.8. The quantitative estimate of drug-likeness (QED) is 0.604. The van der Waals surface area contributed by atoms with E-state index in [4.69, 9.17) is 4.74 Å². The number of hydrogen-bond donors (Lipinski definition) is 0. The minimum Gasteiger partial charge on any atom is -0.493 e. The highest BCUT2D eigenvalue weighted by atomic mass is 19.1. The third-order valence-electron chi connectivity index (χ3n) is 6.88. The summed E-state index contributed by atoms with van der Waals surface area (Å²) in [4.78, 5) is 29.2. The zero-order valence-corrected chi connectivity index (χ0v) is 19.1. The van der Waals surface area contributed by atoms with Gasteiger partial charge in [0.2, 0.25) is 5.91 Å². The van der Waals surface area contributed by atoms with E-state index in [1.165, 1.54) is 35.2 Å². The highest BCUT2D eigenvalue weighted by molar-refractivity contribution is 5.94. The second-order valence-corrected chi connectivity index (χ2v) is 9.25. The molecule has 0 unspecified atom stereocenters. The van der Waals surface area contributed by atoms with E-state index in [0.717, 1.165) is 44.5 Å². The molecule has 2 saturated heterocycles. The molecule has 2 aromatic carbocycles. The minimum absolute atomic E-state index is 0.0577. The number of nitrogens with zero attached hydrogens (tertiary/aromatic N) is 2. The van der Waals surface area contributed by atoms with Crippen molar-refractivity contribution >= 4 is 11.8 Å². The Morgan fingerprint density at radius 3 is 2.06 bits per heavy atom. The Kier molecular flexibility index (Phi) is 7.44. The van der Waals surface area contributed by atoms with Crippen LogP contribution in [-0.4, -0.2) is 54.4 Å². The second kappa shape index (κ2) is 10.5. The summed E-state index contributed by atoms with van der Waals surface area (Å²) in [5.74, 6) is -2.27. The van der Waals surface area contributed by atoms with Crippen molar-refractivity contribution < 1.29 is 27.5 Å². The molecule has 0 aromatic heterocycles. The molecule has 5 nitrogen and oxygen atoms in total. The van der Waals surface area contributed by atoms with Gasteiger partial charge in [0, 0.05) is 38.0 Å². The minimum atomic E-state index is -0.887. The van der Waals surface area contributed by atoms with Crippen LogP contribution in [0.4, 0.5) is 13.2 Å². The number of carbonyl (C=O) groups excluding carboxylic acids is 2. The molecule has 2 aromatic rings. The number of piperidine rings is 2. The van der Waals surface area contributed by atoms with E-state index in [9.17, 15) is 22.8 Å². The van der Waals surface area contributed by atoms with Gasteiger partial charge in [-0.05, 0) is 68.5 Å². The maximum atomic E-state index is 14.1. The van der Waals surface area contributed by atoms with Crippen LogP contribution >= 0.6 is 0 Å². The molecule has 0 N–H and O–H groups in total. The summed E-state index contributed by atoms with van der Waals surface area (Å²) in [5.41, 5.74) is -1.09. The van der Waals surface area contributed by atoms with Crippen LogP contribution in [0.5, 0.6) is 5.75 Å². The van der Waals surface area contributed by atoms with E-state index in [2.05, 4.69) is 0 Å². The Morgan fingerprint density at radius 1 is 0.824 bits per heavy atom. The van der Waals surface area contributed by atoms with Crippen LogP contribution < -0.4 is 4.74 Å². The Morgan fingerprint density at radius 2 is 1.44 bits per heavy atom. The van der Waals surface area contributed by atoms with Crippen LogP contribution in [0.2, 0.25) is 0 Å². The summed E-state index contributed by atoms with van der Waals surface area (Å²) in [5, 5.41) is 0. The van der Waals surface area contributed by atoms with E-state index in [1.54, 1.807) is 0 Å². The first-order valence-corrected chi connectivity index (χ1v) is 11.8. The summed E-state index contributed by atoms with van der Waals surface area (Å²) in [6, 6.07) is 9.05. The normalized spacial score (nSPS) is 18.0. The number of benzene rings is 2. The van der Waals surface area contributed by atoms with Gasteiger partial charge in [0.1, 0.15) is 28.8 Å². The molecular weight excluding hydrogens is 445 g/mol. The number of hydrogen-bond acceptors (Lipinski definition) is 3. The summed E-state index contributed by atoms with van der Waals surface area (Å²) < 4.78 is 47.5. The van der Waals surface area contributed by atoms with Crippen LogP contribution in [0.3, 0.4) is 0 Å². The van der Waals surface area contributed by atoms with Gasteiger partial charge in [-0.25, -0.2) is 13.2 Å². The van der Waals surface area contributed by atoms with Crippen molar-refractivity contribution in [2.24, 2.45) is 5.41 Å². The summed E-state index contributed by atoms with van der Waals surface area (Å²) in [6.45, 7) is 2.23. The monoisotopic (exact) mass is 474 g/mol. The van der Waals surface area contributed by atoms with Crippen LogP contribution in [0.25, 0.3) is 0 Å². The maximum Gasteiger partial charge on any atom is 0.259 e. The van der Waals surface area contributed by atoms with Crippen molar-refractivity contribution in [3.05, 3.63) is 65.5 Å². The summed E-state index contributed by atoms with van der Waals surface area (Å²) >= 11 is 0. The zero-order valence-electron chi connectivity index (χ0n) is 19.1. The van der Waals surface area contributed by atoms with Crippen molar-refractivity contribution in [1.29, 1.82) is 0 Å². The highest BCUT2D eigenvalue weighted by Gasteiger charge is 2.40. The van der Waals surface area contributed by atoms with E-state index >= 15 is 0 Å². The van der Waals surface area contributed by atoms with Crippen molar-refractivity contribution in [2.45, 2.75) is 38.5 Å². The Hall–Kier alpha value is -3.03. The molecule has 0 radical (unpaired) electrons. The molecule has 0 spiro atoms. The molecule has 2 heterocycles. The maximum absolute atomic E-state index is 14.1.